The maximum atomic E-state index is 12.9. The number of anilines is 1. The first kappa shape index (κ1) is 18.1. The summed E-state index contributed by atoms with van der Waals surface area (Å²) in [5.74, 6) is 2.34. The van der Waals surface area contributed by atoms with E-state index >= 15 is 0 Å². The van der Waals surface area contributed by atoms with Crippen LogP contribution in [0.15, 0.2) is 41.7 Å². The first-order chi connectivity index (χ1) is 14.1. The summed E-state index contributed by atoms with van der Waals surface area (Å²) in [7, 11) is 0. The fourth-order valence-electron chi connectivity index (χ4n) is 4.85. The van der Waals surface area contributed by atoms with E-state index in [1.165, 1.54) is 6.33 Å². The molecule has 0 aliphatic carbocycles. The van der Waals surface area contributed by atoms with Crippen LogP contribution in [0.1, 0.15) is 30.8 Å². The molecule has 2 aliphatic heterocycles. The summed E-state index contributed by atoms with van der Waals surface area (Å²) in [4.78, 5) is 28.1. The molecular formula is C21H25N7O. The molecule has 0 aromatic carbocycles. The van der Waals surface area contributed by atoms with E-state index in [0.717, 1.165) is 56.2 Å². The Labute approximate surface area is 169 Å². The molecule has 5 heterocycles. The second-order valence-electron chi connectivity index (χ2n) is 8.07. The van der Waals surface area contributed by atoms with E-state index < -0.39 is 0 Å². The Morgan fingerprint density at radius 2 is 2.03 bits per heavy atom. The van der Waals surface area contributed by atoms with Gasteiger partial charge in [0.15, 0.2) is 0 Å². The molecule has 8 nitrogen and oxygen atoms in total. The number of nitrogen functional groups attached to an aromatic ring is 1. The summed E-state index contributed by atoms with van der Waals surface area (Å²) in [5, 5.41) is 0. The third kappa shape index (κ3) is 3.33. The number of likely N-dealkylation sites (tertiary alicyclic amines) is 1. The van der Waals surface area contributed by atoms with Gasteiger partial charge in [0.25, 0.3) is 5.56 Å². The van der Waals surface area contributed by atoms with Gasteiger partial charge < -0.3 is 14.9 Å². The predicted octanol–water partition coefficient (Wildman–Crippen LogP) is 1.72. The van der Waals surface area contributed by atoms with Crippen LogP contribution in [-0.2, 0) is 19.6 Å². The highest BCUT2D eigenvalue weighted by atomic mass is 16.1. The molecule has 29 heavy (non-hydrogen) atoms. The van der Waals surface area contributed by atoms with Gasteiger partial charge in [-0.2, -0.15) is 0 Å². The normalized spacial score (nSPS) is 21.1. The van der Waals surface area contributed by atoms with Crippen LogP contribution >= 0.6 is 0 Å². The summed E-state index contributed by atoms with van der Waals surface area (Å²) < 4.78 is 4.15. The van der Waals surface area contributed by atoms with Gasteiger partial charge in [-0.15, -0.1) is 0 Å². The molecule has 2 aliphatic rings. The van der Waals surface area contributed by atoms with Crippen LogP contribution < -0.4 is 11.3 Å². The van der Waals surface area contributed by atoms with Crippen LogP contribution in [0.5, 0.6) is 0 Å². The van der Waals surface area contributed by atoms with Gasteiger partial charge in [-0.1, -0.05) is 0 Å². The largest absolute Gasteiger partial charge is 0.384 e. The maximum Gasteiger partial charge on any atom is 0.251 e. The van der Waals surface area contributed by atoms with E-state index in [1.807, 2.05) is 17.0 Å². The Hall–Kier alpha value is -3.00. The van der Waals surface area contributed by atoms with Gasteiger partial charge in [0.1, 0.15) is 18.0 Å². The topological polar surface area (TPSA) is 94.9 Å². The van der Waals surface area contributed by atoms with Gasteiger partial charge in [-0.05, 0) is 25.3 Å². The number of nitrogens with two attached hydrogens (primary N) is 1. The van der Waals surface area contributed by atoms with E-state index in [4.69, 9.17) is 5.73 Å². The first-order valence-electron chi connectivity index (χ1n) is 10.2. The molecule has 0 unspecified atom stereocenters. The number of hydrogen-bond acceptors (Lipinski definition) is 6. The summed E-state index contributed by atoms with van der Waals surface area (Å²) >= 11 is 0. The number of imidazole rings is 1. The smallest absolute Gasteiger partial charge is 0.251 e. The Morgan fingerprint density at radius 3 is 2.86 bits per heavy atom. The molecule has 0 radical (unpaired) electrons. The Kier molecular flexibility index (Phi) is 4.43. The zero-order chi connectivity index (χ0) is 20.0. The minimum Gasteiger partial charge on any atom is -0.384 e. The molecule has 8 heteroatoms. The predicted molar refractivity (Wildman–Crippen MR) is 110 cm³/mol. The summed E-state index contributed by atoms with van der Waals surface area (Å²) in [6.07, 6.45) is 6.47. The van der Waals surface area contributed by atoms with E-state index in [2.05, 4.69) is 37.4 Å². The highest BCUT2D eigenvalue weighted by Gasteiger charge is 2.35. The second kappa shape index (κ2) is 7.11. The van der Waals surface area contributed by atoms with E-state index in [9.17, 15) is 4.79 Å². The van der Waals surface area contributed by atoms with Crippen molar-refractivity contribution in [2.75, 3.05) is 18.8 Å². The van der Waals surface area contributed by atoms with Crippen LogP contribution in [0.4, 0.5) is 5.82 Å². The fourth-order valence-corrected chi connectivity index (χ4v) is 4.85. The molecule has 1 fully saturated rings. The van der Waals surface area contributed by atoms with E-state index in [1.54, 1.807) is 12.1 Å². The van der Waals surface area contributed by atoms with Crippen molar-refractivity contribution in [2.24, 2.45) is 5.92 Å². The van der Waals surface area contributed by atoms with Crippen molar-refractivity contribution >= 4 is 5.82 Å². The summed E-state index contributed by atoms with van der Waals surface area (Å²) in [5.41, 5.74) is 8.46. The third-order valence-corrected chi connectivity index (χ3v) is 6.12. The quantitative estimate of drug-likeness (QED) is 0.728. The number of nitrogens with zero attached hydrogens (tertiary/aromatic N) is 6. The van der Waals surface area contributed by atoms with Gasteiger partial charge in [0, 0.05) is 67.9 Å². The molecule has 1 saturated heterocycles. The minimum atomic E-state index is 0.0411. The number of fused-ring (bicyclic) bond motifs is 4. The SMILES string of the molecule is CCn1ccnc1CN1C[C@@H]2C[C@H](C1)c1cc(-c3cc(N)ncn3)cc(=O)n1C2. The number of piperidine rings is 1. The molecule has 0 spiro atoms. The monoisotopic (exact) mass is 391 g/mol. The van der Waals surface area contributed by atoms with Crippen LogP contribution in [-0.4, -0.2) is 42.1 Å². The van der Waals surface area contributed by atoms with E-state index in [0.29, 0.717) is 23.3 Å². The second-order valence-corrected chi connectivity index (χ2v) is 8.07. The van der Waals surface area contributed by atoms with Gasteiger partial charge in [0.05, 0.1) is 12.2 Å². The van der Waals surface area contributed by atoms with Crippen LogP contribution in [0.3, 0.4) is 0 Å². The lowest BCUT2D eigenvalue weighted by atomic mass is 9.82. The van der Waals surface area contributed by atoms with E-state index in [-0.39, 0.29) is 5.56 Å². The van der Waals surface area contributed by atoms with Gasteiger partial charge in [-0.25, -0.2) is 15.0 Å². The standard InChI is InChI=1S/C21H25N7O/c1-2-27-4-3-23-20(27)12-26-9-14-5-16(11-26)18-6-15(7-21(29)28(18)10-14)17-8-19(22)25-13-24-17/h3-4,6-8,13-14,16H,2,5,9-12H2,1H3,(H2,22,24,25)/t14-,16+/m0/s1. The highest BCUT2D eigenvalue weighted by Crippen LogP contribution is 2.36. The molecule has 3 aromatic rings. The minimum absolute atomic E-state index is 0.0411. The maximum absolute atomic E-state index is 12.9. The van der Waals surface area contributed by atoms with Crippen molar-refractivity contribution in [2.45, 2.75) is 38.9 Å². The Balaban J connectivity index is 1.46. The molecule has 2 atom stereocenters. The molecule has 0 saturated carbocycles. The van der Waals surface area contributed by atoms with Crippen LogP contribution in [0.2, 0.25) is 0 Å². The molecule has 5 rings (SSSR count). The molecule has 2 N–H and O–H groups in total. The molecular weight excluding hydrogens is 366 g/mol. The number of rotatable bonds is 4. The number of aromatic nitrogens is 5. The van der Waals surface area contributed by atoms with Gasteiger partial charge in [0.2, 0.25) is 0 Å². The first-order valence-corrected chi connectivity index (χ1v) is 10.2. The average Bonchev–Trinajstić information content (AvgIpc) is 3.15. The van der Waals surface area contributed by atoms with Crippen LogP contribution in [0, 0.1) is 5.92 Å². The molecule has 0 amide bonds. The lowest BCUT2D eigenvalue weighted by molar-refractivity contribution is 0.111. The Bertz CT molecular complexity index is 1100. The molecule has 150 valence electrons. The van der Waals surface area contributed by atoms with Crippen molar-refractivity contribution in [3.8, 4) is 11.3 Å². The van der Waals surface area contributed by atoms with Crippen molar-refractivity contribution in [1.82, 2.24) is 29.0 Å². The number of hydrogen-bond donors (Lipinski definition) is 1. The van der Waals surface area contributed by atoms with Gasteiger partial charge in [-0.3, -0.25) is 9.69 Å². The molecule has 3 aromatic heterocycles. The zero-order valence-electron chi connectivity index (χ0n) is 16.5. The van der Waals surface area contributed by atoms with Crippen molar-refractivity contribution in [1.29, 1.82) is 0 Å². The lowest BCUT2D eigenvalue weighted by Crippen LogP contribution is -2.47. The summed E-state index contributed by atoms with van der Waals surface area (Å²) in [6, 6.07) is 5.50. The zero-order valence-corrected chi connectivity index (χ0v) is 16.5. The third-order valence-electron chi connectivity index (χ3n) is 6.12. The van der Waals surface area contributed by atoms with Crippen molar-refractivity contribution < 1.29 is 0 Å². The summed E-state index contributed by atoms with van der Waals surface area (Å²) in [6.45, 7) is 6.63. The average molecular weight is 391 g/mol. The Morgan fingerprint density at radius 1 is 1.14 bits per heavy atom. The number of pyridine rings is 1. The molecule has 2 bridgehead atoms. The van der Waals surface area contributed by atoms with Crippen molar-refractivity contribution in [3.63, 3.8) is 0 Å². The lowest BCUT2D eigenvalue weighted by Gasteiger charge is -2.42. The highest BCUT2D eigenvalue weighted by molar-refractivity contribution is 5.61. The van der Waals surface area contributed by atoms with Crippen LogP contribution in [0.25, 0.3) is 11.3 Å². The fraction of sp³-hybridized carbons (Fsp3) is 0.429. The van der Waals surface area contributed by atoms with Crippen molar-refractivity contribution in [3.05, 3.63) is 58.8 Å². The van der Waals surface area contributed by atoms with Gasteiger partial charge >= 0.3 is 0 Å². The number of aryl methyl sites for hydroxylation is 1.